The lowest BCUT2D eigenvalue weighted by Crippen LogP contribution is -2.39. The third kappa shape index (κ3) is 5.23. The second-order valence-corrected chi connectivity index (χ2v) is 8.00. The number of carbonyl (C=O) groups excluding carboxylic acids is 2. The van der Waals surface area contributed by atoms with E-state index in [9.17, 15) is 14.0 Å². The number of hydrogen-bond donors (Lipinski definition) is 2. The summed E-state index contributed by atoms with van der Waals surface area (Å²) in [5, 5.41) is 10.4. The lowest BCUT2D eigenvalue weighted by atomic mass is 10.1. The molecule has 33 heavy (non-hydrogen) atoms. The molecule has 2 heterocycles. The summed E-state index contributed by atoms with van der Waals surface area (Å²) in [7, 11) is 0. The Balaban J connectivity index is 1.73. The summed E-state index contributed by atoms with van der Waals surface area (Å²) >= 11 is 0. The summed E-state index contributed by atoms with van der Waals surface area (Å²) in [4.78, 5) is 29.8. The molecule has 0 saturated carbocycles. The van der Waals surface area contributed by atoms with Crippen LogP contribution in [0.2, 0.25) is 0 Å². The predicted octanol–water partition coefficient (Wildman–Crippen LogP) is 3.54. The van der Waals surface area contributed by atoms with Crippen LogP contribution in [0, 0.1) is 5.82 Å². The average molecular weight is 445 g/mol. The topological polar surface area (TPSA) is 88.9 Å². The summed E-state index contributed by atoms with van der Waals surface area (Å²) in [6, 6.07) is 17.4. The maximum absolute atomic E-state index is 13.7. The molecule has 8 heteroatoms. The van der Waals surface area contributed by atoms with E-state index in [0.29, 0.717) is 28.8 Å². The normalized spacial score (nSPS) is 11.0. The number of fused-ring (bicyclic) bond motifs is 1. The van der Waals surface area contributed by atoms with Crippen LogP contribution < -0.4 is 10.6 Å². The highest BCUT2D eigenvalue weighted by molar-refractivity contribution is 6.07. The number of nitrogens with one attached hydrogen (secondary N) is 2. The third-order valence-corrected chi connectivity index (χ3v) is 5.00. The van der Waals surface area contributed by atoms with E-state index in [4.69, 9.17) is 4.98 Å². The fourth-order valence-electron chi connectivity index (χ4n) is 3.55. The van der Waals surface area contributed by atoms with E-state index in [0.717, 1.165) is 11.1 Å². The van der Waals surface area contributed by atoms with Crippen LogP contribution in [-0.2, 0) is 11.3 Å². The predicted molar refractivity (Wildman–Crippen MR) is 124 cm³/mol. The maximum Gasteiger partial charge on any atom is 0.252 e. The monoisotopic (exact) mass is 445 g/mol. The first kappa shape index (κ1) is 22.1. The van der Waals surface area contributed by atoms with Gasteiger partial charge in [-0.1, -0.05) is 42.5 Å². The Kier molecular flexibility index (Phi) is 6.44. The highest BCUT2D eigenvalue weighted by atomic mass is 19.1. The summed E-state index contributed by atoms with van der Waals surface area (Å²) < 4.78 is 15.3. The SMILES string of the molecule is CC(C)NC(=O)CNC(=O)c1cc(-c2ccccc2)nc2c1cnn2Cc1cccc(F)c1. The minimum atomic E-state index is -0.399. The van der Waals surface area contributed by atoms with Crippen molar-refractivity contribution in [2.24, 2.45) is 0 Å². The van der Waals surface area contributed by atoms with Gasteiger partial charge in [-0.25, -0.2) is 14.1 Å². The van der Waals surface area contributed by atoms with Gasteiger partial charge in [0, 0.05) is 11.6 Å². The Morgan fingerprint density at radius 2 is 1.85 bits per heavy atom. The van der Waals surface area contributed by atoms with Gasteiger partial charge >= 0.3 is 0 Å². The number of carbonyl (C=O) groups is 2. The molecule has 2 amide bonds. The second-order valence-electron chi connectivity index (χ2n) is 8.00. The van der Waals surface area contributed by atoms with Gasteiger partial charge in [0.25, 0.3) is 5.91 Å². The van der Waals surface area contributed by atoms with Crippen molar-refractivity contribution in [3.8, 4) is 11.3 Å². The highest BCUT2D eigenvalue weighted by Gasteiger charge is 2.18. The van der Waals surface area contributed by atoms with Crippen molar-refractivity contribution in [2.75, 3.05) is 6.54 Å². The van der Waals surface area contributed by atoms with Gasteiger partial charge in [0.2, 0.25) is 5.91 Å². The molecule has 4 aromatic rings. The summed E-state index contributed by atoms with van der Waals surface area (Å²) in [6.07, 6.45) is 1.57. The van der Waals surface area contributed by atoms with E-state index in [1.165, 1.54) is 12.1 Å². The van der Waals surface area contributed by atoms with Crippen LogP contribution in [0.5, 0.6) is 0 Å². The van der Waals surface area contributed by atoms with Crippen LogP contribution >= 0.6 is 0 Å². The van der Waals surface area contributed by atoms with Crippen LogP contribution in [0.25, 0.3) is 22.3 Å². The first-order valence-electron chi connectivity index (χ1n) is 10.6. The number of halogens is 1. The summed E-state index contributed by atoms with van der Waals surface area (Å²) in [6.45, 7) is 3.86. The van der Waals surface area contributed by atoms with Gasteiger partial charge in [-0.15, -0.1) is 0 Å². The maximum atomic E-state index is 13.7. The molecule has 0 aliphatic heterocycles. The van der Waals surface area contributed by atoms with Crippen LogP contribution in [0.3, 0.4) is 0 Å². The van der Waals surface area contributed by atoms with Gasteiger partial charge in [-0.3, -0.25) is 9.59 Å². The van der Waals surface area contributed by atoms with E-state index in [2.05, 4.69) is 15.7 Å². The van der Waals surface area contributed by atoms with Crippen molar-refractivity contribution in [3.63, 3.8) is 0 Å². The smallest absolute Gasteiger partial charge is 0.252 e. The first-order valence-corrected chi connectivity index (χ1v) is 10.6. The van der Waals surface area contributed by atoms with E-state index >= 15 is 0 Å². The minimum absolute atomic E-state index is 0.0206. The number of hydrogen-bond acceptors (Lipinski definition) is 4. The van der Waals surface area contributed by atoms with Gasteiger partial charge in [-0.2, -0.15) is 5.10 Å². The molecule has 7 nitrogen and oxygen atoms in total. The number of rotatable bonds is 7. The van der Waals surface area contributed by atoms with E-state index in [1.54, 1.807) is 29.1 Å². The molecule has 0 bridgehead atoms. The van der Waals surface area contributed by atoms with E-state index < -0.39 is 5.91 Å². The fourth-order valence-corrected chi connectivity index (χ4v) is 3.55. The van der Waals surface area contributed by atoms with Crippen molar-refractivity contribution in [1.82, 2.24) is 25.4 Å². The highest BCUT2D eigenvalue weighted by Crippen LogP contribution is 2.25. The van der Waals surface area contributed by atoms with Crippen LogP contribution in [0.4, 0.5) is 4.39 Å². The van der Waals surface area contributed by atoms with Crippen molar-refractivity contribution in [3.05, 3.63) is 83.8 Å². The number of nitrogens with zero attached hydrogens (tertiary/aromatic N) is 3. The molecular formula is C25H24FN5O2. The van der Waals surface area contributed by atoms with Crippen molar-refractivity contribution >= 4 is 22.8 Å². The van der Waals surface area contributed by atoms with E-state index in [1.807, 2.05) is 44.2 Å². The summed E-state index contributed by atoms with van der Waals surface area (Å²) in [5.74, 6) is -1.00. The lowest BCUT2D eigenvalue weighted by Gasteiger charge is -2.11. The number of amides is 2. The molecule has 0 aliphatic rings. The standard InChI is InChI=1S/C25H24FN5O2/c1-16(2)29-23(32)14-27-25(33)20-12-22(18-8-4-3-5-9-18)30-24-21(20)13-28-31(24)15-17-7-6-10-19(26)11-17/h3-13,16H,14-15H2,1-2H3,(H,27,33)(H,29,32). The molecule has 2 N–H and O–H groups in total. The third-order valence-electron chi connectivity index (χ3n) is 5.00. The van der Waals surface area contributed by atoms with Crippen molar-refractivity contribution < 1.29 is 14.0 Å². The molecule has 0 unspecified atom stereocenters. The Hall–Kier alpha value is -4.07. The van der Waals surface area contributed by atoms with Crippen molar-refractivity contribution in [2.45, 2.75) is 26.4 Å². The zero-order valence-corrected chi connectivity index (χ0v) is 18.4. The molecule has 4 rings (SSSR count). The summed E-state index contributed by atoms with van der Waals surface area (Å²) in [5.41, 5.74) is 3.02. The number of pyridine rings is 1. The quantitative estimate of drug-likeness (QED) is 0.455. The van der Waals surface area contributed by atoms with Gasteiger partial charge in [0.05, 0.1) is 35.9 Å². The molecule has 0 spiro atoms. The largest absolute Gasteiger partial charge is 0.352 e. The molecule has 0 fully saturated rings. The first-order chi connectivity index (χ1) is 15.9. The van der Waals surface area contributed by atoms with E-state index in [-0.39, 0.29) is 24.3 Å². The second kappa shape index (κ2) is 9.60. The molecule has 0 saturated heterocycles. The zero-order chi connectivity index (χ0) is 23.4. The number of benzene rings is 2. The Labute approximate surface area is 190 Å². The van der Waals surface area contributed by atoms with Gasteiger partial charge in [0.1, 0.15) is 5.82 Å². The Bertz CT molecular complexity index is 1300. The zero-order valence-electron chi connectivity index (χ0n) is 18.4. The molecule has 0 radical (unpaired) electrons. The molecule has 2 aromatic carbocycles. The molecule has 168 valence electrons. The molecule has 2 aromatic heterocycles. The van der Waals surface area contributed by atoms with Crippen LogP contribution in [0.15, 0.2) is 66.9 Å². The molecule has 0 aliphatic carbocycles. The van der Waals surface area contributed by atoms with Gasteiger partial charge in [0.15, 0.2) is 5.65 Å². The molecular weight excluding hydrogens is 421 g/mol. The van der Waals surface area contributed by atoms with Crippen LogP contribution in [0.1, 0.15) is 29.8 Å². The lowest BCUT2D eigenvalue weighted by molar-refractivity contribution is -0.120. The van der Waals surface area contributed by atoms with Crippen LogP contribution in [-0.4, -0.2) is 39.2 Å². The number of aromatic nitrogens is 3. The Morgan fingerprint density at radius 3 is 2.58 bits per heavy atom. The minimum Gasteiger partial charge on any atom is -0.352 e. The Morgan fingerprint density at radius 1 is 1.06 bits per heavy atom. The van der Waals surface area contributed by atoms with Crippen molar-refractivity contribution in [1.29, 1.82) is 0 Å². The fraction of sp³-hybridized carbons (Fsp3) is 0.200. The molecule has 0 atom stereocenters. The van der Waals surface area contributed by atoms with Gasteiger partial charge < -0.3 is 10.6 Å². The average Bonchev–Trinajstić information content (AvgIpc) is 3.19. The van der Waals surface area contributed by atoms with Gasteiger partial charge in [-0.05, 0) is 37.6 Å².